The molecule has 15 heavy (non-hydrogen) atoms. The highest BCUT2D eigenvalue weighted by atomic mass is 16.7. The summed E-state index contributed by atoms with van der Waals surface area (Å²) in [5.41, 5.74) is -0.373. The van der Waals surface area contributed by atoms with E-state index in [0.29, 0.717) is 13.2 Å². The monoisotopic (exact) mass is 214 g/mol. The normalized spacial score (nSPS) is 31.5. The number of rotatable bonds is 5. The van der Waals surface area contributed by atoms with Gasteiger partial charge in [0, 0.05) is 0 Å². The molecule has 0 bridgehead atoms. The maximum Gasteiger partial charge on any atom is 0.154 e. The van der Waals surface area contributed by atoms with E-state index in [0.717, 1.165) is 12.8 Å². The Hall–Kier alpha value is -0.410. The summed E-state index contributed by atoms with van der Waals surface area (Å²) in [5, 5.41) is 0. The molecule has 0 spiro atoms. The molecule has 1 heterocycles. The molecule has 1 rings (SSSR count). The summed E-state index contributed by atoms with van der Waals surface area (Å²) in [5.74, 6) is 0.200. The molecule has 0 N–H and O–H groups in total. The molecule has 0 amide bonds. The number of ketones is 1. The van der Waals surface area contributed by atoms with Crippen molar-refractivity contribution < 1.29 is 14.3 Å². The van der Waals surface area contributed by atoms with Crippen molar-refractivity contribution in [3.05, 3.63) is 0 Å². The predicted molar refractivity (Wildman–Crippen MR) is 58.6 cm³/mol. The Morgan fingerprint density at radius 3 is 2.40 bits per heavy atom. The van der Waals surface area contributed by atoms with Crippen LogP contribution in [-0.4, -0.2) is 25.3 Å². The van der Waals surface area contributed by atoms with Crippen molar-refractivity contribution in [1.82, 2.24) is 0 Å². The first kappa shape index (κ1) is 12.7. The van der Waals surface area contributed by atoms with E-state index < -0.39 is 0 Å². The van der Waals surface area contributed by atoms with Crippen LogP contribution in [0.3, 0.4) is 0 Å². The van der Waals surface area contributed by atoms with Gasteiger partial charge in [-0.25, -0.2) is 0 Å². The molecule has 1 fully saturated rings. The molecule has 0 atom stereocenters. The van der Waals surface area contributed by atoms with Gasteiger partial charge in [0.2, 0.25) is 0 Å². The molecular weight excluding hydrogens is 192 g/mol. The highest BCUT2D eigenvalue weighted by Gasteiger charge is 2.39. The molecule has 0 aromatic rings. The van der Waals surface area contributed by atoms with Crippen molar-refractivity contribution in [3.63, 3.8) is 0 Å². The smallest absolute Gasteiger partial charge is 0.154 e. The Bertz CT molecular complexity index is 205. The van der Waals surface area contributed by atoms with E-state index >= 15 is 0 Å². The molecule has 0 aromatic carbocycles. The number of ether oxygens (including phenoxy) is 2. The first-order chi connectivity index (χ1) is 7.10. The average molecular weight is 214 g/mol. The van der Waals surface area contributed by atoms with Crippen molar-refractivity contribution in [1.29, 1.82) is 0 Å². The van der Waals surface area contributed by atoms with E-state index in [1.807, 2.05) is 6.92 Å². The van der Waals surface area contributed by atoms with E-state index in [9.17, 15) is 4.79 Å². The number of carbonyl (C=O) groups excluding carboxylic acids is 1. The van der Waals surface area contributed by atoms with Crippen LogP contribution >= 0.6 is 0 Å². The summed E-state index contributed by atoms with van der Waals surface area (Å²) in [6, 6.07) is 0. The maximum absolute atomic E-state index is 11.7. The van der Waals surface area contributed by atoms with Crippen LogP contribution in [0.4, 0.5) is 0 Å². The molecule has 0 aliphatic carbocycles. The van der Waals surface area contributed by atoms with Crippen molar-refractivity contribution in [2.24, 2.45) is 5.41 Å². The Labute approximate surface area is 92.1 Å². The van der Waals surface area contributed by atoms with Crippen LogP contribution in [0.2, 0.25) is 0 Å². The molecule has 0 radical (unpaired) electrons. The standard InChI is InChI=1S/C12H22O3/c1-4-5-6-7-12(10(2)13)8-14-11(3)15-9-12/h11H,4-9H2,1-3H3. The van der Waals surface area contributed by atoms with Gasteiger partial charge in [-0.2, -0.15) is 0 Å². The highest BCUT2D eigenvalue weighted by molar-refractivity contribution is 5.82. The first-order valence-electron chi connectivity index (χ1n) is 5.85. The van der Waals surface area contributed by atoms with Gasteiger partial charge in [-0.15, -0.1) is 0 Å². The molecule has 0 unspecified atom stereocenters. The topological polar surface area (TPSA) is 35.5 Å². The van der Waals surface area contributed by atoms with Crippen molar-refractivity contribution in [3.8, 4) is 0 Å². The quantitative estimate of drug-likeness (QED) is 0.660. The lowest BCUT2D eigenvalue weighted by Crippen LogP contribution is -2.45. The minimum absolute atomic E-state index is 0.163. The van der Waals surface area contributed by atoms with Gasteiger partial charge < -0.3 is 9.47 Å². The minimum Gasteiger partial charge on any atom is -0.352 e. The van der Waals surface area contributed by atoms with Gasteiger partial charge >= 0.3 is 0 Å². The van der Waals surface area contributed by atoms with Crippen LogP contribution in [0.25, 0.3) is 0 Å². The zero-order valence-electron chi connectivity index (χ0n) is 10.0. The van der Waals surface area contributed by atoms with Crippen LogP contribution in [-0.2, 0) is 14.3 Å². The molecule has 0 aromatic heterocycles. The molecule has 88 valence electrons. The van der Waals surface area contributed by atoms with E-state index in [1.165, 1.54) is 12.8 Å². The summed E-state index contributed by atoms with van der Waals surface area (Å²) in [6.07, 6.45) is 4.15. The second kappa shape index (κ2) is 5.61. The highest BCUT2D eigenvalue weighted by Crippen LogP contribution is 2.31. The number of hydrogen-bond donors (Lipinski definition) is 0. The fraction of sp³-hybridized carbons (Fsp3) is 0.917. The third-order valence-electron chi connectivity index (χ3n) is 3.19. The maximum atomic E-state index is 11.7. The SMILES string of the molecule is CCCCCC1(C(C)=O)COC(C)OC1. The Morgan fingerprint density at radius 1 is 1.33 bits per heavy atom. The predicted octanol–water partition coefficient (Wildman–Crippen LogP) is 2.53. The van der Waals surface area contributed by atoms with Gasteiger partial charge in [0.1, 0.15) is 5.78 Å². The Kier molecular flexibility index (Phi) is 4.74. The van der Waals surface area contributed by atoms with Gasteiger partial charge in [0.25, 0.3) is 0 Å². The van der Waals surface area contributed by atoms with Gasteiger partial charge in [0.15, 0.2) is 6.29 Å². The van der Waals surface area contributed by atoms with Gasteiger partial charge in [-0.3, -0.25) is 4.79 Å². The molecular formula is C12H22O3. The van der Waals surface area contributed by atoms with Crippen LogP contribution in [0, 0.1) is 5.41 Å². The summed E-state index contributed by atoms with van der Waals surface area (Å²) < 4.78 is 10.9. The largest absolute Gasteiger partial charge is 0.352 e. The number of hydrogen-bond acceptors (Lipinski definition) is 3. The summed E-state index contributed by atoms with van der Waals surface area (Å²) >= 11 is 0. The van der Waals surface area contributed by atoms with Crippen LogP contribution < -0.4 is 0 Å². The molecule has 3 heteroatoms. The number of Topliss-reactive ketones (excluding diaryl/α,β-unsaturated/α-hetero) is 1. The molecule has 0 saturated carbocycles. The van der Waals surface area contributed by atoms with Gasteiger partial charge in [0.05, 0.1) is 18.6 Å². The van der Waals surface area contributed by atoms with Crippen molar-refractivity contribution in [2.45, 2.75) is 52.7 Å². The molecule has 3 nitrogen and oxygen atoms in total. The van der Waals surface area contributed by atoms with Crippen LogP contribution in [0.15, 0.2) is 0 Å². The lowest BCUT2D eigenvalue weighted by molar-refractivity contribution is -0.219. The van der Waals surface area contributed by atoms with Crippen molar-refractivity contribution >= 4 is 5.78 Å². The first-order valence-corrected chi connectivity index (χ1v) is 5.85. The third kappa shape index (κ3) is 3.28. The van der Waals surface area contributed by atoms with E-state index in [1.54, 1.807) is 6.92 Å². The Morgan fingerprint density at radius 2 is 1.93 bits per heavy atom. The number of unbranched alkanes of at least 4 members (excludes halogenated alkanes) is 2. The van der Waals surface area contributed by atoms with Crippen molar-refractivity contribution in [2.75, 3.05) is 13.2 Å². The van der Waals surface area contributed by atoms with Gasteiger partial charge in [-0.1, -0.05) is 26.2 Å². The van der Waals surface area contributed by atoms with E-state index in [-0.39, 0.29) is 17.5 Å². The summed E-state index contributed by atoms with van der Waals surface area (Å²) in [6.45, 7) is 6.72. The molecule has 1 aliphatic rings. The fourth-order valence-electron chi connectivity index (χ4n) is 1.88. The van der Waals surface area contributed by atoms with Gasteiger partial charge in [-0.05, 0) is 20.3 Å². The van der Waals surface area contributed by atoms with Crippen LogP contribution in [0.1, 0.15) is 46.5 Å². The van der Waals surface area contributed by atoms with Crippen LogP contribution in [0.5, 0.6) is 0 Å². The minimum atomic E-state index is -0.373. The Balaban J connectivity index is 2.51. The fourth-order valence-corrected chi connectivity index (χ4v) is 1.88. The summed E-state index contributed by atoms with van der Waals surface area (Å²) in [7, 11) is 0. The van der Waals surface area contributed by atoms with E-state index in [4.69, 9.17) is 9.47 Å². The van der Waals surface area contributed by atoms with E-state index in [2.05, 4.69) is 6.92 Å². The zero-order valence-corrected chi connectivity index (χ0v) is 10.0. The lowest BCUT2D eigenvalue weighted by atomic mass is 9.80. The summed E-state index contributed by atoms with van der Waals surface area (Å²) in [4.78, 5) is 11.7. The molecule has 1 saturated heterocycles. The third-order valence-corrected chi connectivity index (χ3v) is 3.19. The lowest BCUT2D eigenvalue weighted by Gasteiger charge is -2.37. The number of carbonyl (C=O) groups is 1. The zero-order chi connectivity index (χ0) is 11.3. The second-order valence-corrected chi connectivity index (χ2v) is 4.48. The second-order valence-electron chi connectivity index (χ2n) is 4.48. The molecule has 1 aliphatic heterocycles. The average Bonchev–Trinajstić information content (AvgIpc) is 2.21.